The van der Waals surface area contributed by atoms with Crippen LogP contribution in [0.4, 0.5) is 4.39 Å². The lowest BCUT2D eigenvalue weighted by molar-refractivity contribution is -0.140. The lowest BCUT2D eigenvalue weighted by atomic mass is 9.91. The summed E-state index contributed by atoms with van der Waals surface area (Å²) < 4.78 is 59.0. The molecule has 0 bridgehead atoms. The maximum Gasteiger partial charge on any atom is 0.259 e. The molecule has 6 rings (SSSR count). The Morgan fingerprint density at radius 1 is 1.08 bits per heavy atom. The predicted molar refractivity (Wildman–Crippen MR) is 179 cm³/mol. The molecule has 1 aromatic heterocycles. The molecule has 1 saturated heterocycles. The molecule has 6 atom stereocenters. The Balaban J connectivity index is 1.31. The molecule has 2 aromatic rings. The van der Waals surface area contributed by atoms with Gasteiger partial charge in [0.1, 0.15) is 23.4 Å². The van der Waals surface area contributed by atoms with E-state index in [0.29, 0.717) is 29.7 Å². The van der Waals surface area contributed by atoms with Crippen molar-refractivity contribution < 1.29 is 41.4 Å². The number of rotatable bonds is 7. The van der Waals surface area contributed by atoms with Crippen molar-refractivity contribution in [3.63, 3.8) is 0 Å². The van der Waals surface area contributed by atoms with Gasteiger partial charge in [-0.15, -0.1) is 0 Å². The smallest absolute Gasteiger partial charge is 0.259 e. The molecule has 0 unspecified atom stereocenters. The van der Waals surface area contributed by atoms with Crippen molar-refractivity contribution in [2.24, 2.45) is 17.8 Å². The summed E-state index contributed by atoms with van der Waals surface area (Å²) in [7, 11) is -1.16. The van der Waals surface area contributed by atoms with Crippen LogP contribution in [0.3, 0.4) is 0 Å². The molecule has 0 radical (unpaired) electrons. The van der Waals surface area contributed by atoms with Crippen molar-refractivity contribution in [3.05, 3.63) is 36.2 Å². The number of nitrogens with zero attached hydrogens (tertiary/aromatic N) is 2. The van der Waals surface area contributed by atoms with Gasteiger partial charge in [-0.3, -0.25) is 19.1 Å². The summed E-state index contributed by atoms with van der Waals surface area (Å²) in [5, 5.41) is 3.24. The average Bonchev–Trinajstić information content (AvgIpc) is 3.92. The van der Waals surface area contributed by atoms with Crippen LogP contribution in [0.1, 0.15) is 72.1 Å². The number of carbonyl (C=O) groups is 3. The van der Waals surface area contributed by atoms with Gasteiger partial charge in [0.25, 0.3) is 5.91 Å². The van der Waals surface area contributed by atoms with E-state index in [-0.39, 0.29) is 55.0 Å². The van der Waals surface area contributed by atoms with Crippen LogP contribution in [0.2, 0.25) is 0 Å². The molecular formula is C35H45FN4O8S. The summed E-state index contributed by atoms with van der Waals surface area (Å²) in [6.07, 6.45) is 7.13. The lowest BCUT2D eigenvalue weighted by Crippen LogP contribution is -2.57. The Bertz CT molecular complexity index is 1800. The molecule has 4 aliphatic rings. The Morgan fingerprint density at radius 3 is 2.53 bits per heavy atom. The molecule has 2 aliphatic carbocycles. The van der Waals surface area contributed by atoms with Crippen molar-refractivity contribution in [2.45, 2.75) is 94.6 Å². The minimum atomic E-state index is -3.95. The standard InChI is InChI=1S/C35H45FN4O8S/c1-20-8-6-7-9-22-18-35(22,33(43)39-49(44,45)34(3)10-11-34)38-32(42)27-14-23(19-40(27)31(41)13-21(2)12-20)48-28-17-30(47-5)37-26-16-29(46-4)25(36)15-24(26)28/h7,9,15-17,20-23,27H,6,8,10-14,18-19H2,1-5H3,(H,38,42)(H,39,43)/b9-7-/t20-,21-,22-,23-,27+,35-/m1/s1. The van der Waals surface area contributed by atoms with Gasteiger partial charge in [0.15, 0.2) is 11.6 Å². The van der Waals surface area contributed by atoms with Crippen molar-refractivity contribution in [2.75, 3.05) is 20.8 Å². The number of aromatic nitrogens is 1. The van der Waals surface area contributed by atoms with Gasteiger partial charge in [-0.2, -0.15) is 0 Å². The first-order valence-electron chi connectivity index (χ1n) is 16.9. The number of hydrogen-bond acceptors (Lipinski definition) is 9. The minimum absolute atomic E-state index is 0.00176. The minimum Gasteiger partial charge on any atom is -0.494 e. The summed E-state index contributed by atoms with van der Waals surface area (Å²) in [6.45, 7) is 5.83. The molecule has 14 heteroatoms. The number of halogens is 1. The molecule has 3 amide bonds. The number of sulfonamides is 1. The van der Waals surface area contributed by atoms with Gasteiger partial charge in [0.05, 0.1) is 31.0 Å². The molecule has 3 fully saturated rings. The van der Waals surface area contributed by atoms with Gasteiger partial charge in [-0.1, -0.05) is 26.0 Å². The first-order valence-corrected chi connectivity index (χ1v) is 18.4. The van der Waals surface area contributed by atoms with Gasteiger partial charge in [0.2, 0.25) is 27.7 Å². The average molecular weight is 701 g/mol. The van der Waals surface area contributed by atoms with Crippen LogP contribution in [0.25, 0.3) is 10.9 Å². The summed E-state index contributed by atoms with van der Waals surface area (Å²) in [5.41, 5.74) is -1.10. The quantitative estimate of drug-likeness (QED) is 0.408. The van der Waals surface area contributed by atoms with Crippen LogP contribution in [-0.4, -0.2) is 79.2 Å². The second kappa shape index (κ2) is 13.1. The fourth-order valence-corrected chi connectivity index (χ4v) is 8.44. The summed E-state index contributed by atoms with van der Waals surface area (Å²) >= 11 is 0. The highest BCUT2D eigenvalue weighted by Crippen LogP contribution is 2.47. The third-order valence-corrected chi connectivity index (χ3v) is 12.7. The van der Waals surface area contributed by atoms with E-state index >= 15 is 0 Å². The fraction of sp³-hybridized carbons (Fsp3) is 0.600. The molecule has 2 aliphatic heterocycles. The zero-order valence-electron chi connectivity index (χ0n) is 28.6. The first kappa shape index (κ1) is 34.9. The predicted octanol–water partition coefficient (Wildman–Crippen LogP) is 4.02. The maximum atomic E-state index is 14.8. The van der Waals surface area contributed by atoms with Gasteiger partial charge in [0, 0.05) is 36.3 Å². The number of pyridine rings is 1. The van der Waals surface area contributed by atoms with Crippen LogP contribution in [0.5, 0.6) is 17.4 Å². The van der Waals surface area contributed by atoms with Gasteiger partial charge in [-0.25, -0.2) is 17.8 Å². The van der Waals surface area contributed by atoms with Gasteiger partial charge >= 0.3 is 0 Å². The van der Waals surface area contributed by atoms with Crippen molar-refractivity contribution in [1.82, 2.24) is 19.9 Å². The number of ether oxygens (including phenoxy) is 3. The van der Waals surface area contributed by atoms with Crippen LogP contribution in [0.15, 0.2) is 30.4 Å². The molecule has 266 valence electrons. The van der Waals surface area contributed by atoms with Crippen LogP contribution in [-0.2, 0) is 24.4 Å². The number of fused-ring (bicyclic) bond motifs is 3. The van der Waals surface area contributed by atoms with Crippen LogP contribution in [0, 0.1) is 23.6 Å². The van der Waals surface area contributed by atoms with E-state index in [1.807, 2.05) is 19.1 Å². The lowest BCUT2D eigenvalue weighted by Gasteiger charge is -2.28. The van der Waals surface area contributed by atoms with E-state index in [1.165, 1.54) is 37.3 Å². The highest BCUT2D eigenvalue weighted by Gasteiger charge is 2.63. The van der Waals surface area contributed by atoms with Gasteiger partial charge < -0.3 is 24.4 Å². The zero-order valence-corrected chi connectivity index (χ0v) is 29.4. The molecule has 2 saturated carbocycles. The van der Waals surface area contributed by atoms with Crippen molar-refractivity contribution >= 4 is 38.6 Å². The third kappa shape index (κ3) is 6.93. The highest BCUT2D eigenvalue weighted by molar-refractivity contribution is 7.91. The SMILES string of the molecule is COc1cc(O[C@@H]2C[C@H]3C(=O)N[C@]4(C(=O)NS(=O)(=O)C5(C)CC5)C[C@H]4/C=C\CC[C@@H](C)C[C@@H](C)CC(=O)N3C2)c2cc(F)c(OC)cc2n1. The molecule has 3 heterocycles. The van der Waals surface area contributed by atoms with Crippen molar-refractivity contribution in [1.29, 1.82) is 0 Å². The Hall–Kier alpha value is -3.94. The zero-order chi connectivity index (χ0) is 35.3. The number of methoxy groups -OCH3 is 2. The number of nitrogens with one attached hydrogen (secondary N) is 2. The topological polar surface area (TPSA) is 153 Å². The van der Waals surface area contributed by atoms with E-state index in [2.05, 4.69) is 21.9 Å². The van der Waals surface area contributed by atoms with E-state index in [4.69, 9.17) is 14.2 Å². The second-order valence-corrected chi connectivity index (χ2v) is 16.7. The van der Waals surface area contributed by atoms with E-state index in [9.17, 15) is 27.2 Å². The number of benzene rings is 1. The molecule has 49 heavy (non-hydrogen) atoms. The van der Waals surface area contributed by atoms with E-state index in [0.717, 1.165) is 19.3 Å². The van der Waals surface area contributed by atoms with Crippen LogP contribution >= 0.6 is 0 Å². The number of hydrogen-bond donors (Lipinski definition) is 2. The van der Waals surface area contributed by atoms with Crippen molar-refractivity contribution in [3.8, 4) is 17.4 Å². The van der Waals surface area contributed by atoms with Gasteiger partial charge in [-0.05, 0) is 63.4 Å². The summed E-state index contributed by atoms with van der Waals surface area (Å²) in [6, 6.07) is 3.22. The normalized spacial score (nSPS) is 30.6. The molecular weight excluding hydrogens is 655 g/mol. The Kier molecular flexibility index (Phi) is 9.31. The molecule has 0 spiro atoms. The van der Waals surface area contributed by atoms with E-state index in [1.54, 1.807) is 6.92 Å². The highest BCUT2D eigenvalue weighted by atomic mass is 32.2. The summed E-state index contributed by atoms with van der Waals surface area (Å²) in [4.78, 5) is 47.6. The third-order valence-electron chi connectivity index (χ3n) is 10.5. The summed E-state index contributed by atoms with van der Waals surface area (Å²) in [5.74, 6) is -1.69. The molecule has 2 N–H and O–H groups in total. The van der Waals surface area contributed by atoms with E-state index < -0.39 is 56.0 Å². The Morgan fingerprint density at radius 2 is 1.84 bits per heavy atom. The number of amides is 3. The monoisotopic (exact) mass is 700 g/mol. The molecule has 12 nitrogen and oxygen atoms in total. The number of carbonyl (C=O) groups excluding carboxylic acids is 3. The van der Waals surface area contributed by atoms with Crippen LogP contribution < -0.4 is 24.2 Å². The maximum absolute atomic E-state index is 14.8. The fourth-order valence-electron chi connectivity index (χ4n) is 7.13. The number of allylic oxidation sites excluding steroid dienone is 1. The second-order valence-electron chi connectivity index (χ2n) is 14.5. The largest absolute Gasteiger partial charge is 0.494 e. The first-order chi connectivity index (χ1) is 23.2. The Labute approximate surface area is 286 Å². The molecule has 1 aromatic carbocycles.